The van der Waals surface area contributed by atoms with Crippen LogP contribution >= 0.6 is 21.6 Å². The van der Waals surface area contributed by atoms with Crippen molar-refractivity contribution < 1.29 is 9.84 Å². The van der Waals surface area contributed by atoms with Crippen LogP contribution in [0.2, 0.25) is 5.15 Å². The first kappa shape index (κ1) is 27.0. The summed E-state index contributed by atoms with van der Waals surface area (Å²) in [5, 5.41) is 16.0. The van der Waals surface area contributed by atoms with Gasteiger partial charge in [-0.15, -0.1) is 0 Å². The van der Waals surface area contributed by atoms with Crippen LogP contribution in [0.3, 0.4) is 0 Å². The SMILES string of the molecule is CN1CCC(n2cc(-c3cn(COCCS(C)(C)C)nc3Cl)c3cc(C#CC(C)(C)O)ncc32)CC1. The molecule has 0 atom stereocenters. The minimum absolute atomic E-state index is 0.368. The van der Waals surface area contributed by atoms with E-state index in [1.807, 2.05) is 18.5 Å². The number of rotatable bonds is 7. The van der Waals surface area contributed by atoms with Gasteiger partial charge in [0.05, 0.1) is 18.3 Å². The Hall–Kier alpha value is -2.02. The number of likely N-dealkylation sites (tertiary alicyclic amines) is 1. The molecule has 1 N–H and O–H groups in total. The van der Waals surface area contributed by atoms with E-state index in [2.05, 4.69) is 63.4 Å². The zero-order valence-electron chi connectivity index (χ0n) is 22.2. The van der Waals surface area contributed by atoms with E-state index in [1.54, 1.807) is 18.5 Å². The Morgan fingerprint density at radius 1 is 1.19 bits per heavy atom. The Morgan fingerprint density at radius 3 is 2.58 bits per heavy atom. The van der Waals surface area contributed by atoms with Gasteiger partial charge in [-0.25, -0.2) is 19.7 Å². The van der Waals surface area contributed by atoms with Crippen LogP contribution in [0.25, 0.3) is 22.0 Å². The molecule has 3 aromatic rings. The zero-order valence-corrected chi connectivity index (χ0v) is 23.8. The van der Waals surface area contributed by atoms with Crippen LogP contribution in [0.1, 0.15) is 38.4 Å². The second-order valence-electron chi connectivity index (χ2n) is 11.1. The molecular formula is C27H38ClN5O2S. The summed E-state index contributed by atoms with van der Waals surface area (Å²) in [5.74, 6) is 6.94. The molecule has 0 aromatic carbocycles. The highest BCUT2D eigenvalue weighted by Gasteiger charge is 2.23. The number of pyridine rings is 1. The van der Waals surface area contributed by atoms with Gasteiger partial charge >= 0.3 is 0 Å². The first-order valence-electron chi connectivity index (χ1n) is 12.3. The first-order chi connectivity index (χ1) is 16.9. The van der Waals surface area contributed by atoms with Gasteiger partial charge in [0.15, 0.2) is 5.15 Å². The largest absolute Gasteiger partial charge is 0.378 e. The van der Waals surface area contributed by atoms with E-state index in [0.717, 1.165) is 53.7 Å². The second kappa shape index (κ2) is 10.8. The number of hydrogen-bond acceptors (Lipinski definition) is 5. The molecular weight excluding hydrogens is 494 g/mol. The maximum absolute atomic E-state index is 10.0. The molecule has 0 bridgehead atoms. The van der Waals surface area contributed by atoms with Crippen LogP contribution in [-0.2, 0) is 11.5 Å². The van der Waals surface area contributed by atoms with Crippen LogP contribution in [-0.4, -0.2) is 86.2 Å². The molecule has 0 amide bonds. The third-order valence-electron chi connectivity index (χ3n) is 6.37. The molecule has 1 aliphatic rings. The molecule has 36 heavy (non-hydrogen) atoms. The summed E-state index contributed by atoms with van der Waals surface area (Å²) in [4.78, 5) is 6.97. The highest BCUT2D eigenvalue weighted by atomic mass is 35.5. The van der Waals surface area contributed by atoms with E-state index >= 15 is 0 Å². The minimum atomic E-state index is -1.08. The Bertz CT molecular complexity index is 1270. The summed E-state index contributed by atoms with van der Waals surface area (Å²) in [6.45, 7) is 6.53. The van der Waals surface area contributed by atoms with Crippen LogP contribution in [0.4, 0.5) is 0 Å². The third-order valence-corrected chi connectivity index (χ3v) is 8.04. The van der Waals surface area contributed by atoms with Crippen molar-refractivity contribution in [2.75, 3.05) is 51.3 Å². The number of fused-ring (bicyclic) bond motifs is 1. The van der Waals surface area contributed by atoms with Gasteiger partial charge in [0.1, 0.15) is 18.0 Å². The molecule has 9 heteroatoms. The van der Waals surface area contributed by atoms with Crippen LogP contribution in [0, 0.1) is 11.8 Å². The number of ether oxygens (including phenoxy) is 1. The quantitative estimate of drug-likeness (QED) is 0.356. The van der Waals surface area contributed by atoms with E-state index in [4.69, 9.17) is 16.3 Å². The molecule has 1 aliphatic heterocycles. The average molecular weight is 532 g/mol. The van der Waals surface area contributed by atoms with Gasteiger partial charge in [-0.05, 0) is 77.6 Å². The summed E-state index contributed by atoms with van der Waals surface area (Å²) < 4.78 is 9.99. The highest BCUT2D eigenvalue weighted by molar-refractivity contribution is 8.32. The van der Waals surface area contributed by atoms with E-state index in [9.17, 15) is 5.11 Å². The van der Waals surface area contributed by atoms with Crippen LogP contribution < -0.4 is 0 Å². The standard InChI is InChI=1S/C27H38ClN5O2S/c1-27(2,34)10-7-20-15-22-23(18-33(25(22)16-29-20)21-8-11-31(3)12-9-21)24-17-32(30-26(24)28)19-35-13-14-36(4,5)6/h15-18,21,34H,8-9,11-14,19H2,1-6H3. The fourth-order valence-electron chi connectivity index (χ4n) is 4.33. The predicted molar refractivity (Wildman–Crippen MR) is 151 cm³/mol. The zero-order chi connectivity index (χ0) is 26.1. The minimum Gasteiger partial charge on any atom is -0.378 e. The number of nitrogens with zero attached hydrogens (tertiary/aromatic N) is 5. The van der Waals surface area contributed by atoms with Crippen molar-refractivity contribution in [3.05, 3.63) is 35.5 Å². The van der Waals surface area contributed by atoms with E-state index in [0.29, 0.717) is 30.2 Å². The molecule has 4 rings (SSSR count). The number of halogens is 1. The first-order valence-corrected chi connectivity index (χ1v) is 15.7. The number of aromatic nitrogens is 4. The van der Waals surface area contributed by atoms with Crippen molar-refractivity contribution in [3.8, 4) is 23.0 Å². The van der Waals surface area contributed by atoms with Crippen molar-refractivity contribution in [1.29, 1.82) is 0 Å². The Kier molecular flexibility index (Phi) is 8.08. The lowest BCUT2D eigenvalue weighted by Gasteiger charge is -2.30. The van der Waals surface area contributed by atoms with E-state index < -0.39 is 15.6 Å². The van der Waals surface area contributed by atoms with Gasteiger partial charge in [-0.2, -0.15) is 5.10 Å². The molecule has 1 saturated heterocycles. The molecule has 4 heterocycles. The smallest absolute Gasteiger partial charge is 0.159 e. The lowest BCUT2D eigenvalue weighted by Crippen LogP contribution is -2.31. The Morgan fingerprint density at radius 2 is 1.92 bits per heavy atom. The summed E-state index contributed by atoms with van der Waals surface area (Å²) in [6.07, 6.45) is 15.1. The maximum Gasteiger partial charge on any atom is 0.159 e. The van der Waals surface area contributed by atoms with Crippen molar-refractivity contribution in [3.63, 3.8) is 0 Å². The Labute approximate surface area is 221 Å². The number of aliphatic hydroxyl groups is 1. The molecule has 1 fully saturated rings. The topological polar surface area (TPSA) is 68.3 Å². The molecule has 0 saturated carbocycles. The van der Waals surface area contributed by atoms with Gasteiger partial charge in [-0.1, -0.05) is 17.5 Å². The fraction of sp³-hybridized carbons (Fsp3) is 0.556. The maximum atomic E-state index is 10.0. The van der Waals surface area contributed by atoms with Gasteiger partial charge in [0.2, 0.25) is 0 Å². The summed E-state index contributed by atoms with van der Waals surface area (Å²) in [6, 6.07) is 2.38. The molecule has 7 nitrogen and oxygen atoms in total. The summed E-state index contributed by atoms with van der Waals surface area (Å²) in [5.41, 5.74) is 2.46. The highest BCUT2D eigenvalue weighted by Crippen LogP contribution is 2.38. The van der Waals surface area contributed by atoms with Gasteiger partial charge in [-0.3, -0.25) is 0 Å². The summed E-state index contributed by atoms with van der Waals surface area (Å²) in [7, 11) is 1.57. The molecule has 3 aromatic heterocycles. The van der Waals surface area contributed by atoms with E-state index in [1.165, 1.54) is 0 Å². The fourth-order valence-corrected chi connectivity index (χ4v) is 5.20. The third kappa shape index (κ3) is 6.84. The molecule has 0 spiro atoms. The number of piperidine rings is 1. The predicted octanol–water partition coefficient (Wildman–Crippen LogP) is 4.61. The average Bonchev–Trinajstić information content (AvgIpc) is 3.34. The normalized spacial score (nSPS) is 16.3. The number of hydrogen-bond donors (Lipinski definition) is 1. The lowest BCUT2D eigenvalue weighted by atomic mass is 10.1. The Balaban J connectivity index is 1.70. The van der Waals surface area contributed by atoms with Crippen molar-refractivity contribution in [2.45, 2.75) is 45.1 Å². The van der Waals surface area contributed by atoms with Gasteiger partial charge in [0.25, 0.3) is 0 Å². The monoisotopic (exact) mass is 531 g/mol. The van der Waals surface area contributed by atoms with Gasteiger partial charge in [0, 0.05) is 40.7 Å². The molecule has 0 radical (unpaired) electrons. The van der Waals surface area contributed by atoms with Crippen molar-refractivity contribution in [1.82, 2.24) is 24.2 Å². The lowest BCUT2D eigenvalue weighted by molar-refractivity contribution is 0.0810. The molecule has 0 unspecified atom stereocenters. The molecule has 196 valence electrons. The van der Waals surface area contributed by atoms with Crippen LogP contribution in [0.15, 0.2) is 24.7 Å². The van der Waals surface area contributed by atoms with E-state index in [-0.39, 0.29) is 0 Å². The van der Waals surface area contributed by atoms with Crippen LogP contribution in [0.5, 0.6) is 0 Å². The summed E-state index contributed by atoms with van der Waals surface area (Å²) >= 11 is 6.66. The molecule has 0 aliphatic carbocycles. The van der Waals surface area contributed by atoms with Crippen molar-refractivity contribution in [2.24, 2.45) is 0 Å². The second-order valence-corrected chi connectivity index (χ2v) is 16.0. The van der Waals surface area contributed by atoms with Gasteiger partial charge < -0.3 is 19.3 Å². The van der Waals surface area contributed by atoms with Crippen molar-refractivity contribution >= 4 is 32.5 Å².